The Balaban J connectivity index is 2.51. The zero-order valence-electron chi connectivity index (χ0n) is 6.73. The van der Waals surface area contributed by atoms with Crippen LogP contribution in [0.3, 0.4) is 0 Å². The molecule has 0 saturated heterocycles. The van der Waals surface area contributed by atoms with E-state index in [1.165, 1.54) is 5.54 Å². The topological polar surface area (TPSA) is 12.0 Å². The van der Waals surface area contributed by atoms with Crippen LogP contribution in [0.4, 0.5) is 5.69 Å². The Bertz CT molecular complexity index is 292. The van der Waals surface area contributed by atoms with Crippen molar-refractivity contribution < 1.29 is 0 Å². The number of hydrogen-bond acceptors (Lipinski definition) is 1. The highest BCUT2D eigenvalue weighted by atomic mass is 35.5. The minimum absolute atomic E-state index is 0.521. The summed E-state index contributed by atoms with van der Waals surface area (Å²) in [5.74, 6) is 0. The van der Waals surface area contributed by atoms with Crippen LogP contribution in [0.1, 0.15) is 0 Å². The summed E-state index contributed by atoms with van der Waals surface area (Å²) in [6, 6.07) is 7.37. The smallest absolute Gasteiger partial charge is 0.0516 e. The van der Waals surface area contributed by atoms with Gasteiger partial charge < -0.3 is 5.32 Å². The van der Waals surface area contributed by atoms with Crippen LogP contribution in [0.25, 0.3) is 0 Å². The molecule has 0 heterocycles. The molecule has 0 bridgehead atoms. The number of halogens is 3. The predicted molar refractivity (Wildman–Crippen MR) is 59.7 cm³/mol. The SMILES string of the molecule is Cl/C=C(/Cl)CNc1ccc(Cl)cc1. The fraction of sp³-hybridized carbons (Fsp3) is 0.111. The third-order valence-electron chi connectivity index (χ3n) is 1.42. The molecule has 0 unspecified atom stereocenters. The van der Waals surface area contributed by atoms with Gasteiger partial charge in [-0.3, -0.25) is 0 Å². The van der Waals surface area contributed by atoms with Crippen LogP contribution in [-0.4, -0.2) is 6.54 Å². The zero-order valence-corrected chi connectivity index (χ0v) is 9.00. The zero-order chi connectivity index (χ0) is 9.68. The van der Waals surface area contributed by atoms with Gasteiger partial charge in [-0.15, -0.1) is 0 Å². The maximum absolute atomic E-state index is 5.72. The highest BCUT2D eigenvalue weighted by molar-refractivity contribution is 6.36. The van der Waals surface area contributed by atoms with Gasteiger partial charge in [-0.2, -0.15) is 0 Å². The van der Waals surface area contributed by atoms with E-state index < -0.39 is 0 Å². The molecule has 13 heavy (non-hydrogen) atoms. The molecule has 0 aliphatic heterocycles. The van der Waals surface area contributed by atoms with Crippen molar-refractivity contribution in [3.8, 4) is 0 Å². The number of hydrogen-bond donors (Lipinski definition) is 1. The molecular weight excluding hydrogens is 228 g/mol. The summed E-state index contributed by atoms with van der Waals surface area (Å²) in [5.41, 5.74) is 2.30. The van der Waals surface area contributed by atoms with Crippen LogP contribution in [0, 0.1) is 0 Å². The molecule has 0 aliphatic rings. The van der Waals surface area contributed by atoms with Crippen LogP contribution in [0.5, 0.6) is 0 Å². The first kappa shape index (κ1) is 10.7. The number of anilines is 1. The normalized spacial score (nSPS) is 11.5. The molecule has 70 valence electrons. The Morgan fingerprint density at radius 2 is 1.92 bits per heavy atom. The summed E-state index contributed by atoms with van der Waals surface area (Å²) >= 11 is 16.8. The Labute approximate surface area is 92.3 Å². The van der Waals surface area contributed by atoms with E-state index in [1.54, 1.807) is 0 Å². The van der Waals surface area contributed by atoms with Gasteiger partial charge in [-0.25, -0.2) is 0 Å². The molecule has 0 saturated carbocycles. The molecule has 1 aromatic carbocycles. The predicted octanol–water partition coefficient (Wildman–Crippen LogP) is 4.07. The van der Waals surface area contributed by atoms with E-state index in [4.69, 9.17) is 34.8 Å². The van der Waals surface area contributed by atoms with Gasteiger partial charge in [0.2, 0.25) is 0 Å². The maximum atomic E-state index is 5.72. The van der Waals surface area contributed by atoms with Gasteiger partial charge in [0, 0.05) is 21.3 Å². The first-order valence-corrected chi connectivity index (χ1v) is 4.86. The summed E-state index contributed by atoms with van der Waals surface area (Å²) in [6.45, 7) is 0.521. The summed E-state index contributed by atoms with van der Waals surface area (Å²) in [5, 5.41) is 4.36. The van der Waals surface area contributed by atoms with Crippen molar-refractivity contribution in [3.63, 3.8) is 0 Å². The summed E-state index contributed by atoms with van der Waals surface area (Å²) < 4.78 is 0. The Morgan fingerprint density at radius 1 is 1.31 bits per heavy atom. The van der Waals surface area contributed by atoms with Crippen molar-refractivity contribution in [1.29, 1.82) is 0 Å². The second-order valence-corrected chi connectivity index (χ2v) is 3.56. The molecule has 0 atom stereocenters. The third-order valence-corrected chi connectivity index (χ3v) is 2.29. The molecule has 0 aromatic heterocycles. The largest absolute Gasteiger partial charge is 0.380 e. The number of benzene rings is 1. The average molecular weight is 237 g/mol. The molecule has 0 spiro atoms. The maximum Gasteiger partial charge on any atom is 0.0516 e. The minimum atomic E-state index is 0.521. The van der Waals surface area contributed by atoms with Crippen LogP contribution in [0.2, 0.25) is 5.02 Å². The monoisotopic (exact) mass is 235 g/mol. The van der Waals surface area contributed by atoms with E-state index in [9.17, 15) is 0 Å². The van der Waals surface area contributed by atoms with E-state index >= 15 is 0 Å². The fourth-order valence-corrected chi connectivity index (χ4v) is 1.06. The lowest BCUT2D eigenvalue weighted by Gasteiger charge is -2.04. The number of nitrogens with one attached hydrogen (secondary N) is 1. The van der Waals surface area contributed by atoms with Gasteiger partial charge in [-0.05, 0) is 24.3 Å². The van der Waals surface area contributed by atoms with Gasteiger partial charge in [0.1, 0.15) is 0 Å². The molecule has 0 aliphatic carbocycles. The average Bonchev–Trinajstić information content (AvgIpc) is 2.16. The van der Waals surface area contributed by atoms with Crippen LogP contribution >= 0.6 is 34.8 Å². The Kier molecular flexibility index (Phi) is 4.43. The molecule has 1 aromatic rings. The molecule has 1 N–H and O–H groups in total. The van der Waals surface area contributed by atoms with E-state index in [-0.39, 0.29) is 0 Å². The van der Waals surface area contributed by atoms with Crippen molar-refractivity contribution in [2.45, 2.75) is 0 Å². The lowest BCUT2D eigenvalue weighted by molar-refractivity contribution is 1.31. The minimum Gasteiger partial charge on any atom is -0.380 e. The van der Waals surface area contributed by atoms with Gasteiger partial charge >= 0.3 is 0 Å². The first-order chi connectivity index (χ1) is 6.22. The van der Waals surface area contributed by atoms with E-state index in [0.29, 0.717) is 16.6 Å². The molecule has 0 amide bonds. The standard InChI is InChI=1S/C9H8Cl3N/c10-5-8(12)6-13-9-3-1-7(11)2-4-9/h1-5,13H,6H2/b8-5+. The van der Waals surface area contributed by atoms with Crippen molar-refractivity contribution in [1.82, 2.24) is 0 Å². The Morgan fingerprint density at radius 3 is 2.46 bits per heavy atom. The van der Waals surface area contributed by atoms with Crippen molar-refractivity contribution in [2.24, 2.45) is 0 Å². The van der Waals surface area contributed by atoms with E-state index in [2.05, 4.69) is 5.32 Å². The summed E-state index contributed by atoms with van der Waals surface area (Å²) in [7, 11) is 0. The summed E-state index contributed by atoms with van der Waals surface area (Å²) in [6.07, 6.45) is 0. The van der Waals surface area contributed by atoms with Crippen molar-refractivity contribution in [3.05, 3.63) is 39.9 Å². The quantitative estimate of drug-likeness (QED) is 0.834. The fourth-order valence-electron chi connectivity index (χ4n) is 0.793. The molecule has 4 heteroatoms. The van der Waals surface area contributed by atoms with E-state index in [0.717, 1.165) is 5.69 Å². The van der Waals surface area contributed by atoms with Gasteiger partial charge in [0.05, 0.1) is 6.54 Å². The van der Waals surface area contributed by atoms with Gasteiger partial charge in [-0.1, -0.05) is 34.8 Å². The highest BCUT2D eigenvalue weighted by Gasteiger charge is 1.93. The summed E-state index contributed by atoms with van der Waals surface area (Å²) in [4.78, 5) is 0. The molecule has 1 nitrogen and oxygen atoms in total. The lowest BCUT2D eigenvalue weighted by atomic mass is 10.3. The molecular formula is C9H8Cl3N. The van der Waals surface area contributed by atoms with Gasteiger partial charge in [0.15, 0.2) is 0 Å². The van der Waals surface area contributed by atoms with Crippen LogP contribution < -0.4 is 5.32 Å². The van der Waals surface area contributed by atoms with Crippen LogP contribution in [-0.2, 0) is 0 Å². The first-order valence-electron chi connectivity index (χ1n) is 3.66. The lowest BCUT2D eigenvalue weighted by Crippen LogP contribution is -2.00. The second-order valence-electron chi connectivity index (χ2n) is 2.42. The van der Waals surface area contributed by atoms with Crippen LogP contribution in [0.15, 0.2) is 34.8 Å². The van der Waals surface area contributed by atoms with E-state index in [1.807, 2.05) is 24.3 Å². The third kappa shape index (κ3) is 3.90. The Hall–Kier alpha value is -0.370. The molecule has 0 radical (unpaired) electrons. The molecule has 1 rings (SSSR count). The highest BCUT2D eigenvalue weighted by Crippen LogP contribution is 2.14. The number of rotatable bonds is 3. The molecule has 0 fully saturated rings. The van der Waals surface area contributed by atoms with Crippen molar-refractivity contribution in [2.75, 3.05) is 11.9 Å². The second kappa shape index (κ2) is 5.38. The van der Waals surface area contributed by atoms with Gasteiger partial charge in [0.25, 0.3) is 0 Å². The van der Waals surface area contributed by atoms with Crippen molar-refractivity contribution >= 4 is 40.5 Å².